The van der Waals surface area contributed by atoms with Crippen molar-refractivity contribution in [2.45, 2.75) is 0 Å². The third-order valence-corrected chi connectivity index (χ3v) is 4.78. The number of carbonyl (C=O) groups is 1. The first-order valence-corrected chi connectivity index (χ1v) is 7.98. The lowest BCUT2D eigenvalue weighted by Crippen LogP contribution is -2.14. The molecule has 2 aromatic rings. The summed E-state index contributed by atoms with van der Waals surface area (Å²) in [5, 5.41) is 13.6. The van der Waals surface area contributed by atoms with Crippen molar-refractivity contribution < 1.29 is 9.72 Å². The summed E-state index contributed by atoms with van der Waals surface area (Å²) in [5.74, 6) is -0.446. The van der Waals surface area contributed by atoms with Gasteiger partial charge in [-0.15, -0.1) is 0 Å². The minimum Gasteiger partial charge on any atom is -0.320 e. The van der Waals surface area contributed by atoms with Crippen molar-refractivity contribution in [3.05, 3.63) is 65.5 Å². The van der Waals surface area contributed by atoms with Crippen LogP contribution in [0.25, 0.3) is 0 Å². The SMILES string of the molecule is O=C(Nc1c(Br)cccc1Br)c1cccc([N+](=O)[O-])c1Br. The summed E-state index contributed by atoms with van der Waals surface area (Å²) in [6, 6.07) is 9.68. The van der Waals surface area contributed by atoms with Gasteiger partial charge in [0.15, 0.2) is 0 Å². The fraction of sp³-hybridized carbons (Fsp3) is 0. The third-order valence-electron chi connectivity index (χ3n) is 2.62. The maximum absolute atomic E-state index is 12.3. The zero-order chi connectivity index (χ0) is 15.6. The van der Waals surface area contributed by atoms with E-state index in [-0.39, 0.29) is 15.7 Å². The predicted octanol–water partition coefficient (Wildman–Crippen LogP) is 5.13. The minimum absolute atomic E-state index is 0.149. The molecule has 5 nitrogen and oxygen atoms in total. The summed E-state index contributed by atoms with van der Waals surface area (Å²) in [6.07, 6.45) is 0. The van der Waals surface area contributed by atoms with Gasteiger partial charge >= 0.3 is 0 Å². The van der Waals surface area contributed by atoms with Crippen LogP contribution in [0, 0.1) is 10.1 Å². The standard InChI is InChI=1S/C13H7Br3N2O3/c14-8-4-2-5-9(15)12(8)17-13(19)7-3-1-6-10(11(7)16)18(20)21/h1-6H,(H,17,19). The van der Waals surface area contributed by atoms with E-state index < -0.39 is 10.8 Å². The first-order valence-electron chi connectivity index (χ1n) is 5.60. The molecule has 0 aliphatic carbocycles. The highest BCUT2D eigenvalue weighted by atomic mass is 79.9. The lowest BCUT2D eigenvalue weighted by Gasteiger charge is -2.10. The zero-order valence-electron chi connectivity index (χ0n) is 10.3. The Kier molecular flexibility index (Phi) is 5.13. The van der Waals surface area contributed by atoms with Gasteiger partial charge in [-0.05, 0) is 66.0 Å². The average Bonchev–Trinajstić information content (AvgIpc) is 2.42. The number of nitro benzene ring substituents is 1. The van der Waals surface area contributed by atoms with Crippen molar-refractivity contribution in [3.8, 4) is 0 Å². The summed E-state index contributed by atoms with van der Waals surface area (Å²) < 4.78 is 1.55. The van der Waals surface area contributed by atoms with E-state index in [0.29, 0.717) is 14.6 Å². The molecule has 2 rings (SSSR count). The van der Waals surface area contributed by atoms with Gasteiger partial charge in [0, 0.05) is 15.0 Å². The van der Waals surface area contributed by atoms with Gasteiger partial charge in [-0.25, -0.2) is 0 Å². The van der Waals surface area contributed by atoms with Gasteiger partial charge in [0.05, 0.1) is 16.2 Å². The number of nitro groups is 1. The van der Waals surface area contributed by atoms with Crippen LogP contribution in [0.4, 0.5) is 11.4 Å². The number of benzene rings is 2. The summed E-state index contributed by atoms with van der Waals surface area (Å²) >= 11 is 9.79. The molecule has 0 spiro atoms. The second-order valence-corrected chi connectivity index (χ2v) is 6.45. The highest BCUT2D eigenvalue weighted by molar-refractivity contribution is 9.11. The van der Waals surface area contributed by atoms with E-state index in [1.807, 2.05) is 6.07 Å². The third kappa shape index (κ3) is 3.50. The number of hydrogen-bond acceptors (Lipinski definition) is 3. The lowest BCUT2D eigenvalue weighted by atomic mass is 10.2. The van der Waals surface area contributed by atoms with Crippen molar-refractivity contribution >= 4 is 65.1 Å². The number of carbonyl (C=O) groups excluding carboxylic acids is 1. The molecule has 0 saturated carbocycles. The van der Waals surface area contributed by atoms with E-state index >= 15 is 0 Å². The molecule has 0 aliphatic rings. The molecule has 0 bridgehead atoms. The molecule has 0 aromatic heterocycles. The first kappa shape index (κ1) is 16.1. The summed E-state index contributed by atoms with van der Waals surface area (Å²) in [4.78, 5) is 22.7. The molecule has 1 N–H and O–H groups in total. The van der Waals surface area contributed by atoms with E-state index in [1.165, 1.54) is 18.2 Å². The van der Waals surface area contributed by atoms with Gasteiger partial charge in [0.2, 0.25) is 0 Å². The summed E-state index contributed by atoms with van der Waals surface area (Å²) in [6.45, 7) is 0. The molecule has 0 radical (unpaired) electrons. The number of nitrogens with one attached hydrogen (secondary N) is 1. The topological polar surface area (TPSA) is 72.2 Å². The largest absolute Gasteiger partial charge is 0.320 e. The maximum Gasteiger partial charge on any atom is 0.284 e. The highest BCUT2D eigenvalue weighted by Gasteiger charge is 2.20. The second-order valence-electron chi connectivity index (χ2n) is 3.95. The van der Waals surface area contributed by atoms with Crippen LogP contribution in [-0.2, 0) is 0 Å². The summed E-state index contributed by atoms with van der Waals surface area (Å²) in [5.41, 5.74) is 0.585. The van der Waals surface area contributed by atoms with Crippen LogP contribution in [-0.4, -0.2) is 10.8 Å². The van der Waals surface area contributed by atoms with Crippen LogP contribution in [0.15, 0.2) is 49.8 Å². The Balaban J connectivity index is 2.38. The molecule has 8 heteroatoms. The molecule has 0 unspecified atom stereocenters. The Bertz CT molecular complexity index is 714. The number of rotatable bonds is 3. The number of nitrogens with zero attached hydrogens (tertiary/aromatic N) is 1. The molecular weight excluding hydrogens is 472 g/mol. The number of hydrogen-bond donors (Lipinski definition) is 1. The van der Waals surface area contributed by atoms with Crippen LogP contribution in [0.5, 0.6) is 0 Å². The van der Waals surface area contributed by atoms with E-state index in [1.54, 1.807) is 12.1 Å². The molecule has 0 saturated heterocycles. The molecule has 0 aliphatic heterocycles. The maximum atomic E-state index is 12.3. The Morgan fingerprint density at radius 2 is 1.62 bits per heavy atom. The van der Waals surface area contributed by atoms with E-state index in [4.69, 9.17) is 0 Å². The van der Waals surface area contributed by atoms with Gasteiger partial charge in [-0.2, -0.15) is 0 Å². The quantitative estimate of drug-likeness (QED) is 0.490. The predicted molar refractivity (Wildman–Crippen MR) is 90.6 cm³/mol. The van der Waals surface area contributed by atoms with Crippen molar-refractivity contribution in [2.24, 2.45) is 0 Å². The number of para-hydroxylation sites is 1. The smallest absolute Gasteiger partial charge is 0.284 e. The fourth-order valence-corrected chi connectivity index (χ4v) is 3.42. The molecule has 0 atom stereocenters. The molecule has 108 valence electrons. The van der Waals surface area contributed by atoms with Gasteiger partial charge in [0.25, 0.3) is 11.6 Å². The number of amides is 1. The fourth-order valence-electron chi connectivity index (χ4n) is 1.63. The molecule has 0 fully saturated rings. The summed E-state index contributed by atoms with van der Waals surface area (Å²) in [7, 11) is 0. The minimum atomic E-state index is -0.546. The Hall–Kier alpha value is -1.25. The van der Waals surface area contributed by atoms with E-state index in [2.05, 4.69) is 53.1 Å². The molecular formula is C13H7Br3N2O3. The van der Waals surface area contributed by atoms with Gasteiger partial charge in [-0.3, -0.25) is 14.9 Å². The molecule has 0 heterocycles. The highest BCUT2D eigenvalue weighted by Crippen LogP contribution is 2.33. The Morgan fingerprint density at radius 1 is 1.05 bits per heavy atom. The van der Waals surface area contributed by atoms with Crippen LogP contribution >= 0.6 is 47.8 Å². The van der Waals surface area contributed by atoms with Crippen LogP contribution < -0.4 is 5.32 Å². The van der Waals surface area contributed by atoms with Crippen LogP contribution in [0.2, 0.25) is 0 Å². The zero-order valence-corrected chi connectivity index (χ0v) is 15.0. The lowest BCUT2D eigenvalue weighted by molar-refractivity contribution is -0.385. The van der Waals surface area contributed by atoms with Crippen molar-refractivity contribution in [1.29, 1.82) is 0 Å². The number of halogens is 3. The van der Waals surface area contributed by atoms with E-state index in [0.717, 1.165) is 0 Å². The van der Waals surface area contributed by atoms with E-state index in [9.17, 15) is 14.9 Å². The van der Waals surface area contributed by atoms with Gasteiger partial charge < -0.3 is 5.32 Å². The monoisotopic (exact) mass is 476 g/mol. The second kappa shape index (κ2) is 6.67. The Morgan fingerprint density at radius 3 is 2.19 bits per heavy atom. The van der Waals surface area contributed by atoms with Gasteiger partial charge in [-0.1, -0.05) is 12.1 Å². The van der Waals surface area contributed by atoms with Crippen LogP contribution in [0.3, 0.4) is 0 Å². The average molecular weight is 479 g/mol. The molecule has 1 amide bonds. The molecule has 21 heavy (non-hydrogen) atoms. The Labute approximate surface area is 145 Å². The first-order chi connectivity index (χ1) is 9.91. The van der Waals surface area contributed by atoms with Crippen molar-refractivity contribution in [1.82, 2.24) is 0 Å². The molecule has 2 aromatic carbocycles. The van der Waals surface area contributed by atoms with Crippen molar-refractivity contribution in [2.75, 3.05) is 5.32 Å². The van der Waals surface area contributed by atoms with Gasteiger partial charge in [0.1, 0.15) is 4.47 Å². The normalized spacial score (nSPS) is 10.2. The van der Waals surface area contributed by atoms with Crippen LogP contribution in [0.1, 0.15) is 10.4 Å². The number of anilines is 1. The van der Waals surface area contributed by atoms with Crippen molar-refractivity contribution in [3.63, 3.8) is 0 Å².